The lowest BCUT2D eigenvalue weighted by Gasteiger charge is -2.38. The van der Waals surface area contributed by atoms with Crippen molar-refractivity contribution in [1.29, 1.82) is 0 Å². The number of primary amides is 1. The molecule has 0 saturated carbocycles. The number of nitrogens with one attached hydrogen (secondary N) is 3. The second-order valence-electron chi connectivity index (χ2n) is 5.38. The van der Waals surface area contributed by atoms with E-state index in [0.717, 1.165) is 0 Å². The summed E-state index contributed by atoms with van der Waals surface area (Å²) in [5.41, 5.74) is 5.77. The Bertz CT molecular complexity index is 596. The molecule has 1 aliphatic heterocycles. The van der Waals surface area contributed by atoms with Gasteiger partial charge in [-0.2, -0.15) is 0 Å². The quantitative estimate of drug-likeness (QED) is 0.660. The van der Waals surface area contributed by atoms with Gasteiger partial charge in [-0.15, -0.1) is 0 Å². The number of carbonyl (C=O) groups is 2. The van der Waals surface area contributed by atoms with Gasteiger partial charge in [-0.3, -0.25) is 9.59 Å². The maximum atomic E-state index is 12.5. The molecule has 0 spiro atoms. The van der Waals surface area contributed by atoms with E-state index in [9.17, 15) is 9.59 Å². The van der Waals surface area contributed by atoms with Crippen LogP contribution in [0.2, 0.25) is 10.0 Å². The molecular formula is C14H18Cl2N4O2. The van der Waals surface area contributed by atoms with Crippen molar-refractivity contribution in [2.75, 3.05) is 5.32 Å². The van der Waals surface area contributed by atoms with Gasteiger partial charge in [0.15, 0.2) is 0 Å². The summed E-state index contributed by atoms with van der Waals surface area (Å²) < 4.78 is 0. The average Bonchev–Trinajstić information content (AvgIpc) is 2.45. The van der Waals surface area contributed by atoms with Crippen molar-refractivity contribution in [2.45, 2.75) is 38.0 Å². The number of hydrogen-bond donors (Lipinski definition) is 4. The van der Waals surface area contributed by atoms with Gasteiger partial charge in [0.25, 0.3) is 0 Å². The molecule has 1 fully saturated rings. The lowest BCUT2D eigenvalue weighted by Crippen LogP contribution is -2.70. The first kappa shape index (κ1) is 17.0. The number of hydrogen-bond acceptors (Lipinski definition) is 4. The van der Waals surface area contributed by atoms with Crippen LogP contribution in [0.5, 0.6) is 0 Å². The van der Waals surface area contributed by atoms with E-state index in [1.54, 1.807) is 18.2 Å². The summed E-state index contributed by atoms with van der Waals surface area (Å²) in [6, 6.07) is 3.17. The Balaban J connectivity index is 2.19. The van der Waals surface area contributed by atoms with E-state index < -0.39 is 23.9 Å². The number of rotatable bonds is 3. The van der Waals surface area contributed by atoms with E-state index in [0.29, 0.717) is 15.7 Å². The van der Waals surface area contributed by atoms with E-state index in [4.69, 9.17) is 28.9 Å². The standard InChI is InChI=1S/C14H18Cl2N4O2/c1-6-7(2)19-12(11(18-6)13(17)21)14(22)20-10-5-8(15)3-4-9(10)16/h3-7,11-12,18-19H,1-2H3,(H2,17,21)(H,20,22). The zero-order valence-corrected chi connectivity index (χ0v) is 13.7. The van der Waals surface area contributed by atoms with Crippen molar-refractivity contribution in [3.63, 3.8) is 0 Å². The highest BCUT2D eigenvalue weighted by Crippen LogP contribution is 2.25. The number of carbonyl (C=O) groups excluding carboxylic acids is 2. The molecule has 1 heterocycles. The monoisotopic (exact) mass is 344 g/mol. The topological polar surface area (TPSA) is 96.2 Å². The fourth-order valence-electron chi connectivity index (χ4n) is 2.32. The van der Waals surface area contributed by atoms with Crippen molar-refractivity contribution in [3.8, 4) is 0 Å². The SMILES string of the molecule is CC1NC(C(N)=O)C(C(=O)Nc2cc(Cl)ccc2Cl)NC1C. The van der Waals surface area contributed by atoms with Crippen LogP contribution in [0.1, 0.15) is 13.8 Å². The second kappa shape index (κ2) is 6.83. The van der Waals surface area contributed by atoms with Crippen LogP contribution >= 0.6 is 23.2 Å². The normalized spacial score (nSPS) is 28.2. The third-order valence-electron chi connectivity index (χ3n) is 3.74. The number of piperazine rings is 1. The largest absolute Gasteiger partial charge is 0.368 e. The number of benzene rings is 1. The fraction of sp³-hybridized carbons (Fsp3) is 0.429. The fourth-order valence-corrected chi connectivity index (χ4v) is 2.66. The maximum absolute atomic E-state index is 12.5. The van der Waals surface area contributed by atoms with E-state index in [1.807, 2.05) is 13.8 Å². The molecule has 1 saturated heterocycles. The van der Waals surface area contributed by atoms with Crippen molar-refractivity contribution in [3.05, 3.63) is 28.2 Å². The molecule has 6 nitrogen and oxygen atoms in total. The molecule has 4 unspecified atom stereocenters. The van der Waals surface area contributed by atoms with Crippen LogP contribution in [0.3, 0.4) is 0 Å². The molecule has 0 aromatic heterocycles. The predicted octanol–water partition coefficient (Wildman–Crippen LogP) is 1.12. The summed E-state index contributed by atoms with van der Waals surface area (Å²) >= 11 is 11.9. The molecule has 4 atom stereocenters. The minimum atomic E-state index is -0.802. The van der Waals surface area contributed by atoms with E-state index in [1.165, 1.54) is 0 Å². The molecule has 2 amide bonds. The van der Waals surface area contributed by atoms with Crippen LogP contribution < -0.4 is 21.7 Å². The molecule has 1 aromatic carbocycles. The van der Waals surface area contributed by atoms with Crippen LogP contribution in [-0.2, 0) is 9.59 Å². The lowest BCUT2D eigenvalue weighted by molar-refractivity contribution is -0.127. The van der Waals surface area contributed by atoms with Gasteiger partial charge in [-0.1, -0.05) is 23.2 Å². The van der Waals surface area contributed by atoms with Crippen LogP contribution in [0, 0.1) is 0 Å². The second-order valence-corrected chi connectivity index (χ2v) is 6.23. The Morgan fingerprint density at radius 1 is 1.14 bits per heavy atom. The predicted molar refractivity (Wildman–Crippen MR) is 87.1 cm³/mol. The van der Waals surface area contributed by atoms with Gasteiger partial charge < -0.3 is 21.7 Å². The Kier molecular flexibility index (Phi) is 5.28. The summed E-state index contributed by atoms with van der Waals surface area (Å²) in [5, 5.41) is 9.63. The number of anilines is 1. The first-order chi connectivity index (χ1) is 10.3. The van der Waals surface area contributed by atoms with Gasteiger partial charge in [0, 0.05) is 17.1 Å². The van der Waals surface area contributed by atoms with Crippen LogP contribution in [0.25, 0.3) is 0 Å². The molecular weight excluding hydrogens is 327 g/mol. The van der Waals surface area contributed by atoms with Gasteiger partial charge in [0.05, 0.1) is 10.7 Å². The molecule has 2 rings (SSSR count). The minimum absolute atomic E-state index is 0.00110. The van der Waals surface area contributed by atoms with Crippen molar-refractivity contribution < 1.29 is 9.59 Å². The molecule has 0 bridgehead atoms. The molecule has 1 aliphatic rings. The highest BCUT2D eigenvalue weighted by molar-refractivity contribution is 6.35. The van der Waals surface area contributed by atoms with Gasteiger partial charge in [-0.05, 0) is 32.0 Å². The molecule has 0 radical (unpaired) electrons. The lowest BCUT2D eigenvalue weighted by atomic mass is 9.97. The van der Waals surface area contributed by atoms with Gasteiger partial charge in [-0.25, -0.2) is 0 Å². The summed E-state index contributed by atoms with van der Waals surface area (Å²) in [7, 11) is 0. The summed E-state index contributed by atoms with van der Waals surface area (Å²) in [6.07, 6.45) is 0. The smallest absolute Gasteiger partial charge is 0.243 e. The first-order valence-electron chi connectivity index (χ1n) is 6.87. The summed E-state index contributed by atoms with van der Waals surface area (Å²) in [6.45, 7) is 3.83. The Morgan fingerprint density at radius 2 is 1.73 bits per heavy atom. The minimum Gasteiger partial charge on any atom is -0.368 e. The average molecular weight is 345 g/mol. The molecule has 1 aromatic rings. The van der Waals surface area contributed by atoms with Gasteiger partial charge >= 0.3 is 0 Å². The number of nitrogens with two attached hydrogens (primary N) is 1. The molecule has 5 N–H and O–H groups in total. The van der Waals surface area contributed by atoms with Crippen LogP contribution in [-0.4, -0.2) is 36.0 Å². The van der Waals surface area contributed by atoms with Crippen LogP contribution in [0.15, 0.2) is 18.2 Å². The van der Waals surface area contributed by atoms with E-state index in [2.05, 4.69) is 16.0 Å². The maximum Gasteiger partial charge on any atom is 0.243 e. The van der Waals surface area contributed by atoms with Crippen molar-refractivity contribution >= 4 is 40.7 Å². The summed E-state index contributed by atoms with van der Waals surface area (Å²) in [5.74, 6) is -0.997. The summed E-state index contributed by atoms with van der Waals surface area (Å²) in [4.78, 5) is 24.1. The highest BCUT2D eigenvalue weighted by Gasteiger charge is 2.39. The first-order valence-corrected chi connectivity index (χ1v) is 7.62. The van der Waals surface area contributed by atoms with E-state index in [-0.39, 0.29) is 12.1 Å². The van der Waals surface area contributed by atoms with Crippen molar-refractivity contribution in [1.82, 2.24) is 10.6 Å². The Hall–Kier alpha value is -1.34. The molecule has 0 aliphatic carbocycles. The number of amides is 2. The zero-order valence-electron chi connectivity index (χ0n) is 12.2. The third-order valence-corrected chi connectivity index (χ3v) is 4.31. The third kappa shape index (κ3) is 3.70. The Morgan fingerprint density at radius 3 is 2.32 bits per heavy atom. The zero-order chi connectivity index (χ0) is 16.4. The highest BCUT2D eigenvalue weighted by atomic mass is 35.5. The van der Waals surface area contributed by atoms with Gasteiger partial charge in [0.1, 0.15) is 12.1 Å². The molecule has 8 heteroatoms. The Labute approximate surface area is 138 Å². The van der Waals surface area contributed by atoms with Crippen molar-refractivity contribution in [2.24, 2.45) is 5.73 Å². The van der Waals surface area contributed by atoms with Gasteiger partial charge in [0.2, 0.25) is 11.8 Å². The van der Waals surface area contributed by atoms with E-state index >= 15 is 0 Å². The number of halogens is 2. The molecule has 22 heavy (non-hydrogen) atoms. The van der Waals surface area contributed by atoms with Crippen LogP contribution in [0.4, 0.5) is 5.69 Å². The molecule has 120 valence electrons.